The van der Waals surface area contributed by atoms with E-state index in [1.54, 1.807) is 4.90 Å². The first-order valence-electron chi connectivity index (χ1n) is 5.70. The van der Waals surface area contributed by atoms with Crippen molar-refractivity contribution < 1.29 is 14.3 Å². The molecule has 1 saturated heterocycles. The van der Waals surface area contributed by atoms with Gasteiger partial charge >= 0.3 is 11.9 Å². The van der Waals surface area contributed by atoms with Gasteiger partial charge in [-0.25, -0.2) is 9.59 Å². The molecule has 0 aliphatic carbocycles. The van der Waals surface area contributed by atoms with E-state index in [9.17, 15) is 9.59 Å². The van der Waals surface area contributed by atoms with Crippen LogP contribution < -0.4 is 4.90 Å². The average Bonchev–Trinajstić information content (AvgIpc) is 2.37. The number of nitrogens with zero attached hydrogens (tertiary/aromatic N) is 1. The van der Waals surface area contributed by atoms with Gasteiger partial charge < -0.3 is 9.64 Å². The summed E-state index contributed by atoms with van der Waals surface area (Å²) in [5.41, 5.74) is 0.887. The van der Waals surface area contributed by atoms with E-state index in [1.165, 1.54) is 0 Å². The van der Waals surface area contributed by atoms with E-state index >= 15 is 0 Å². The highest BCUT2D eigenvalue weighted by Crippen LogP contribution is 2.27. The molecule has 0 N–H and O–H groups in total. The van der Waals surface area contributed by atoms with Crippen molar-refractivity contribution in [3.05, 3.63) is 42.5 Å². The summed E-state index contributed by atoms with van der Waals surface area (Å²) >= 11 is 0. The Bertz CT molecular complexity index is 614. The van der Waals surface area contributed by atoms with E-state index in [4.69, 9.17) is 0 Å². The number of benzene rings is 2. The van der Waals surface area contributed by atoms with Crippen LogP contribution in [0.5, 0.6) is 0 Å². The highest BCUT2D eigenvalue weighted by molar-refractivity contribution is 6.00. The minimum absolute atomic E-state index is 0.111. The zero-order valence-electron chi connectivity index (χ0n) is 9.63. The Kier molecular flexibility index (Phi) is 2.48. The molecule has 90 valence electrons. The highest BCUT2D eigenvalue weighted by Gasteiger charge is 2.25. The molecule has 18 heavy (non-hydrogen) atoms. The minimum atomic E-state index is -0.501. The van der Waals surface area contributed by atoms with Crippen LogP contribution in [0.1, 0.15) is 0 Å². The second-order valence-electron chi connectivity index (χ2n) is 4.20. The van der Waals surface area contributed by atoms with Gasteiger partial charge in [0, 0.05) is 11.1 Å². The average molecular weight is 241 g/mol. The normalized spacial score (nSPS) is 15.9. The van der Waals surface area contributed by atoms with Gasteiger partial charge in [-0.2, -0.15) is 0 Å². The Hall–Kier alpha value is -2.36. The Morgan fingerprint density at radius 3 is 2.33 bits per heavy atom. The predicted molar refractivity (Wildman–Crippen MR) is 67.3 cm³/mol. The van der Waals surface area contributed by atoms with Crippen molar-refractivity contribution in [1.29, 1.82) is 0 Å². The SMILES string of the molecule is O=C1CN(c2cccc3ccccc23)CC(=O)O1. The van der Waals surface area contributed by atoms with Gasteiger partial charge in [-0.05, 0) is 11.5 Å². The van der Waals surface area contributed by atoms with E-state index in [-0.39, 0.29) is 13.1 Å². The zero-order valence-corrected chi connectivity index (χ0v) is 9.63. The number of fused-ring (bicyclic) bond motifs is 1. The number of morpholine rings is 1. The van der Waals surface area contributed by atoms with E-state index in [0.29, 0.717) is 0 Å². The van der Waals surface area contributed by atoms with Crippen LogP contribution in [0.3, 0.4) is 0 Å². The summed E-state index contributed by atoms with van der Waals surface area (Å²) in [7, 11) is 0. The third-order valence-electron chi connectivity index (χ3n) is 2.97. The van der Waals surface area contributed by atoms with Crippen LogP contribution >= 0.6 is 0 Å². The molecule has 3 rings (SSSR count). The Morgan fingerprint density at radius 2 is 1.56 bits per heavy atom. The summed E-state index contributed by atoms with van der Waals surface area (Å²) < 4.78 is 4.53. The lowest BCUT2D eigenvalue weighted by Gasteiger charge is -2.27. The maximum absolute atomic E-state index is 11.3. The third kappa shape index (κ3) is 1.82. The van der Waals surface area contributed by atoms with E-state index in [0.717, 1.165) is 16.5 Å². The molecular formula is C14H11NO3. The fraction of sp³-hybridized carbons (Fsp3) is 0.143. The van der Waals surface area contributed by atoms with Crippen LogP contribution in [-0.4, -0.2) is 25.0 Å². The van der Waals surface area contributed by atoms with Gasteiger partial charge in [0.25, 0.3) is 0 Å². The smallest absolute Gasteiger partial charge is 0.333 e. The van der Waals surface area contributed by atoms with Crippen molar-refractivity contribution in [3.8, 4) is 0 Å². The fourth-order valence-corrected chi connectivity index (χ4v) is 2.21. The number of hydrogen-bond donors (Lipinski definition) is 0. The molecular weight excluding hydrogens is 230 g/mol. The van der Waals surface area contributed by atoms with Crippen LogP contribution in [0.15, 0.2) is 42.5 Å². The molecule has 0 atom stereocenters. The molecule has 0 amide bonds. The summed E-state index contributed by atoms with van der Waals surface area (Å²) in [4.78, 5) is 24.4. The van der Waals surface area contributed by atoms with Crippen LogP contribution in [0, 0.1) is 0 Å². The Balaban J connectivity index is 2.08. The number of carbonyl (C=O) groups excluding carboxylic acids is 2. The summed E-state index contributed by atoms with van der Waals surface area (Å²) in [6.07, 6.45) is 0. The molecule has 4 heteroatoms. The van der Waals surface area contributed by atoms with Gasteiger partial charge in [-0.1, -0.05) is 36.4 Å². The molecule has 2 aromatic rings. The van der Waals surface area contributed by atoms with Gasteiger partial charge in [-0.15, -0.1) is 0 Å². The van der Waals surface area contributed by atoms with Gasteiger partial charge in [0.15, 0.2) is 0 Å². The lowest BCUT2D eigenvalue weighted by molar-refractivity contribution is -0.160. The summed E-state index contributed by atoms with van der Waals surface area (Å²) in [5, 5.41) is 2.11. The van der Waals surface area contributed by atoms with Crippen LogP contribution in [0.4, 0.5) is 5.69 Å². The van der Waals surface area contributed by atoms with Crippen LogP contribution in [-0.2, 0) is 14.3 Å². The lowest BCUT2D eigenvalue weighted by atomic mass is 10.1. The van der Waals surface area contributed by atoms with Gasteiger partial charge in [0.1, 0.15) is 13.1 Å². The molecule has 0 saturated carbocycles. The van der Waals surface area contributed by atoms with Gasteiger partial charge in [0.05, 0.1) is 0 Å². The lowest BCUT2D eigenvalue weighted by Crippen LogP contribution is -2.43. The first-order valence-corrected chi connectivity index (χ1v) is 5.70. The first-order chi connectivity index (χ1) is 8.74. The van der Waals surface area contributed by atoms with Crippen molar-refractivity contribution in [3.63, 3.8) is 0 Å². The minimum Gasteiger partial charge on any atom is -0.390 e. The summed E-state index contributed by atoms with van der Waals surface area (Å²) in [5.74, 6) is -1.00. The van der Waals surface area contributed by atoms with Crippen molar-refractivity contribution in [2.75, 3.05) is 18.0 Å². The van der Waals surface area contributed by atoms with E-state index < -0.39 is 11.9 Å². The van der Waals surface area contributed by atoms with Crippen molar-refractivity contribution in [2.24, 2.45) is 0 Å². The topological polar surface area (TPSA) is 46.6 Å². The van der Waals surface area contributed by atoms with E-state index in [2.05, 4.69) is 4.74 Å². The summed E-state index contributed by atoms with van der Waals surface area (Å²) in [6, 6.07) is 13.7. The fourth-order valence-electron chi connectivity index (χ4n) is 2.21. The largest absolute Gasteiger partial charge is 0.390 e. The Morgan fingerprint density at radius 1 is 0.889 bits per heavy atom. The van der Waals surface area contributed by atoms with E-state index in [1.807, 2.05) is 42.5 Å². The molecule has 2 aromatic carbocycles. The van der Waals surface area contributed by atoms with Crippen LogP contribution in [0.2, 0.25) is 0 Å². The predicted octanol–water partition coefficient (Wildman–Crippen LogP) is 1.73. The standard InChI is InChI=1S/C14H11NO3/c16-13-8-15(9-14(17)18-13)12-7-3-5-10-4-1-2-6-11(10)12/h1-7H,8-9H2. The third-order valence-corrected chi connectivity index (χ3v) is 2.97. The Labute approximate surface area is 104 Å². The number of ether oxygens (including phenoxy) is 1. The molecule has 1 aliphatic heterocycles. The zero-order chi connectivity index (χ0) is 12.5. The van der Waals surface area contributed by atoms with Crippen molar-refractivity contribution in [1.82, 2.24) is 0 Å². The first kappa shape index (κ1) is 10.8. The maximum Gasteiger partial charge on any atom is 0.333 e. The molecule has 1 aliphatic rings. The number of carbonyl (C=O) groups is 2. The number of rotatable bonds is 1. The highest BCUT2D eigenvalue weighted by atomic mass is 16.6. The molecule has 0 unspecified atom stereocenters. The van der Waals surface area contributed by atoms with Gasteiger partial charge in [-0.3, -0.25) is 0 Å². The number of esters is 2. The number of hydrogen-bond acceptors (Lipinski definition) is 4. The molecule has 0 aromatic heterocycles. The van der Waals surface area contributed by atoms with Crippen LogP contribution in [0.25, 0.3) is 10.8 Å². The quantitative estimate of drug-likeness (QED) is 0.563. The molecule has 1 fully saturated rings. The van der Waals surface area contributed by atoms with Gasteiger partial charge in [0.2, 0.25) is 0 Å². The number of anilines is 1. The van der Waals surface area contributed by atoms with Crippen molar-refractivity contribution in [2.45, 2.75) is 0 Å². The molecule has 0 spiro atoms. The molecule has 0 bridgehead atoms. The van der Waals surface area contributed by atoms with Crippen molar-refractivity contribution >= 4 is 28.4 Å². The second-order valence-corrected chi connectivity index (χ2v) is 4.20. The monoisotopic (exact) mass is 241 g/mol. The molecule has 1 heterocycles. The molecule has 4 nitrogen and oxygen atoms in total. The number of cyclic esters (lactones) is 2. The maximum atomic E-state index is 11.3. The molecule has 0 radical (unpaired) electrons. The second kappa shape index (κ2) is 4.14. The summed E-state index contributed by atoms with van der Waals surface area (Å²) in [6.45, 7) is 0.222.